The van der Waals surface area contributed by atoms with Crippen molar-refractivity contribution in [1.29, 1.82) is 0 Å². The lowest BCUT2D eigenvalue weighted by atomic mass is 10.1. The number of anilines is 2. The molecule has 0 saturated heterocycles. The van der Waals surface area contributed by atoms with E-state index in [1.807, 2.05) is 11.9 Å². The first-order valence-electron chi connectivity index (χ1n) is 5.75. The van der Waals surface area contributed by atoms with Crippen molar-refractivity contribution in [2.45, 2.75) is 20.3 Å². The number of nitrogens with two attached hydrogens (primary N) is 1. The molecule has 0 aromatic heterocycles. The molecule has 4 heteroatoms. The third-order valence-corrected chi connectivity index (χ3v) is 2.73. The second kappa shape index (κ2) is 5.57. The van der Waals surface area contributed by atoms with Gasteiger partial charge in [-0.1, -0.05) is 13.8 Å². The zero-order valence-electron chi connectivity index (χ0n) is 10.6. The third kappa shape index (κ3) is 3.66. The van der Waals surface area contributed by atoms with Crippen molar-refractivity contribution in [3.8, 4) is 0 Å². The Kier molecular flexibility index (Phi) is 4.37. The number of carboxylic acids is 1. The van der Waals surface area contributed by atoms with Crippen LogP contribution in [0.5, 0.6) is 0 Å². The maximum absolute atomic E-state index is 10.9. The van der Waals surface area contributed by atoms with E-state index in [0.717, 1.165) is 18.7 Å². The maximum Gasteiger partial charge on any atom is 0.335 e. The number of nitrogen functional groups attached to an aromatic ring is 1. The van der Waals surface area contributed by atoms with Gasteiger partial charge < -0.3 is 15.7 Å². The molecule has 0 aliphatic heterocycles. The molecule has 0 fully saturated rings. The van der Waals surface area contributed by atoms with Gasteiger partial charge in [0.05, 0.1) is 16.9 Å². The van der Waals surface area contributed by atoms with Crippen molar-refractivity contribution in [3.63, 3.8) is 0 Å². The predicted octanol–water partition coefficient (Wildman–Crippen LogP) is 2.45. The number of benzene rings is 1. The van der Waals surface area contributed by atoms with Gasteiger partial charge in [-0.25, -0.2) is 4.79 Å². The van der Waals surface area contributed by atoms with Crippen LogP contribution in [0.3, 0.4) is 0 Å². The number of hydrogen-bond donors (Lipinski definition) is 2. The molecule has 0 saturated carbocycles. The second-order valence-electron chi connectivity index (χ2n) is 4.68. The Morgan fingerprint density at radius 3 is 2.65 bits per heavy atom. The van der Waals surface area contributed by atoms with Gasteiger partial charge in [0.15, 0.2) is 0 Å². The Morgan fingerprint density at radius 2 is 2.12 bits per heavy atom. The summed E-state index contributed by atoms with van der Waals surface area (Å²) in [7, 11) is 1.93. The van der Waals surface area contributed by atoms with Crippen LogP contribution in [0.1, 0.15) is 30.6 Å². The predicted molar refractivity (Wildman–Crippen MR) is 70.5 cm³/mol. The van der Waals surface area contributed by atoms with Crippen molar-refractivity contribution in [1.82, 2.24) is 0 Å². The fourth-order valence-electron chi connectivity index (χ4n) is 1.58. The second-order valence-corrected chi connectivity index (χ2v) is 4.68. The molecule has 0 unspecified atom stereocenters. The molecule has 1 rings (SSSR count). The van der Waals surface area contributed by atoms with Crippen molar-refractivity contribution < 1.29 is 9.90 Å². The molecule has 17 heavy (non-hydrogen) atoms. The largest absolute Gasteiger partial charge is 0.478 e. The number of rotatable bonds is 5. The van der Waals surface area contributed by atoms with Crippen molar-refractivity contribution >= 4 is 17.3 Å². The lowest BCUT2D eigenvalue weighted by Gasteiger charge is -2.22. The van der Waals surface area contributed by atoms with Gasteiger partial charge in [0.2, 0.25) is 0 Å². The van der Waals surface area contributed by atoms with Crippen LogP contribution >= 0.6 is 0 Å². The van der Waals surface area contributed by atoms with E-state index in [9.17, 15) is 4.79 Å². The average Bonchev–Trinajstić information content (AvgIpc) is 2.26. The fraction of sp³-hybridized carbons (Fsp3) is 0.462. The topological polar surface area (TPSA) is 66.6 Å². The van der Waals surface area contributed by atoms with E-state index in [2.05, 4.69) is 13.8 Å². The monoisotopic (exact) mass is 236 g/mol. The number of hydrogen-bond acceptors (Lipinski definition) is 3. The number of carbonyl (C=O) groups is 1. The summed E-state index contributed by atoms with van der Waals surface area (Å²) in [5.74, 6) is -0.315. The molecule has 0 spiro atoms. The molecule has 0 atom stereocenters. The molecular formula is C13H20N2O2. The van der Waals surface area contributed by atoms with E-state index < -0.39 is 5.97 Å². The molecule has 1 aromatic carbocycles. The van der Waals surface area contributed by atoms with Gasteiger partial charge in [-0.2, -0.15) is 0 Å². The standard InChI is InChI=1S/C13H20N2O2/c1-9(2)6-7-15(3)12-8-10(13(16)17)4-5-11(12)14/h4-5,8-9H,6-7,14H2,1-3H3,(H,16,17). The van der Waals surface area contributed by atoms with Crippen molar-refractivity contribution in [2.24, 2.45) is 5.92 Å². The summed E-state index contributed by atoms with van der Waals surface area (Å²) >= 11 is 0. The minimum atomic E-state index is -0.927. The number of nitrogens with zero attached hydrogens (tertiary/aromatic N) is 1. The highest BCUT2D eigenvalue weighted by atomic mass is 16.4. The van der Waals surface area contributed by atoms with E-state index in [4.69, 9.17) is 10.8 Å². The van der Waals surface area contributed by atoms with Crippen molar-refractivity contribution in [2.75, 3.05) is 24.2 Å². The van der Waals surface area contributed by atoms with Gasteiger partial charge in [-0.05, 0) is 30.5 Å². The lowest BCUT2D eigenvalue weighted by Crippen LogP contribution is -2.21. The molecular weight excluding hydrogens is 216 g/mol. The summed E-state index contributed by atoms with van der Waals surface area (Å²) < 4.78 is 0. The van der Waals surface area contributed by atoms with Crippen LogP contribution in [0.4, 0.5) is 11.4 Å². The summed E-state index contributed by atoms with van der Waals surface area (Å²) in [6.45, 7) is 5.18. The molecule has 0 bridgehead atoms. The van der Waals surface area contributed by atoms with Crippen LogP contribution in [0.2, 0.25) is 0 Å². The van der Waals surface area contributed by atoms with Gasteiger partial charge >= 0.3 is 5.97 Å². The van der Waals surface area contributed by atoms with Crippen LogP contribution in [-0.4, -0.2) is 24.7 Å². The molecule has 0 radical (unpaired) electrons. The van der Waals surface area contributed by atoms with Crippen LogP contribution < -0.4 is 10.6 Å². The Hall–Kier alpha value is -1.71. The third-order valence-electron chi connectivity index (χ3n) is 2.73. The number of aromatic carboxylic acids is 1. The highest BCUT2D eigenvalue weighted by molar-refractivity contribution is 5.90. The lowest BCUT2D eigenvalue weighted by molar-refractivity contribution is 0.0697. The molecule has 0 heterocycles. The average molecular weight is 236 g/mol. The Balaban J connectivity index is 2.87. The summed E-state index contributed by atoms with van der Waals surface area (Å²) in [5, 5.41) is 8.94. The molecule has 0 aliphatic carbocycles. The highest BCUT2D eigenvalue weighted by Crippen LogP contribution is 2.24. The van der Waals surface area contributed by atoms with E-state index >= 15 is 0 Å². The van der Waals surface area contributed by atoms with Gasteiger partial charge in [0, 0.05) is 13.6 Å². The first-order chi connectivity index (χ1) is 7.91. The molecule has 0 aliphatic rings. The van der Waals surface area contributed by atoms with E-state index in [1.54, 1.807) is 12.1 Å². The maximum atomic E-state index is 10.9. The summed E-state index contributed by atoms with van der Waals surface area (Å²) in [6, 6.07) is 4.79. The molecule has 3 N–H and O–H groups in total. The van der Waals surface area contributed by atoms with Crippen molar-refractivity contribution in [3.05, 3.63) is 23.8 Å². The van der Waals surface area contributed by atoms with Gasteiger partial charge in [-0.15, -0.1) is 0 Å². The molecule has 1 aromatic rings. The zero-order chi connectivity index (χ0) is 13.0. The normalized spacial score (nSPS) is 10.6. The zero-order valence-corrected chi connectivity index (χ0v) is 10.6. The molecule has 94 valence electrons. The van der Waals surface area contributed by atoms with Gasteiger partial charge in [0.25, 0.3) is 0 Å². The Bertz CT molecular complexity index is 402. The van der Waals surface area contributed by atoms with E-state index in [1.165, 1.54) is 6.07 Å². The van der Waals surface area contributed by atoms with Gasteiger partial charge in [0.1, 0.15) is 0 Å². The van der Waals surface area contributed by atoms with Crippen LogP contribution in [0, 0.1) is 5.92 Å². The van der Waals surface area contributed by atoms with Crippen LogP contribution in [0.15, 0.2) is 18.2 Å². The summed E-state index contributed by atoms with van der Waals surface area (Å²) in [5.41, 5.74) is 7.53. The minimum Gasteiger partial charge on any atom is -0.478 e. The highest BCUT2D eigenvalue weighted by Gasteiger charge is 2.10. The van der Waals surface area contributed by atoms with Crippen LogP contribution in [0.25, 0.3) is 0 Å². The summed E-state index contributed by atoms with van der Waals surface area (Å²) in [6.07, 6.45) is 1.05. The molecule has 0 amide bonds. The smallest absolute Gasteiger partial charge is 0.335 e. The first-order valence-corrected chi connectivity index (χ1v) is 5.75. The SMILES string of the molecule is CC(C)CCN(C)c1cc(C(=O)O)ccc1N. The fourth-order valence-corrected chi connectivity index (χ4v) is 1.58. The van der Waals surface area contributed by atoms with Crippen LogP contribution in [-0.2, 0) is 0 Å². The van der Waals surface area contributed by atoms with E-state index in [-0.39, 0.29) is 5.56 Å². The Labute approximate surface area is 102 Å². The Morgan fingerprint density at radius 1 is 1.47 bits per heavy atom. The van der Waals surface area contributed by atoms with Gasteiger partial charge in [-0.3, -0.25) is 0 Å². The molecule has 4 nitrogen and oxygen atoms in total. The van der Waals surface area contributed by atoms with E-state index in [0.29, 0.717) is 11.6 Å². The summed E-state index contributed by atoms with van der Waals surface area (Å²) in [4.78, 5) is 12.9. The number of carboxylic acid groups (broad SMARTS) is 1. The first kappa shape index (κ1) is 13.4. The minimum absolute atomic E-state index is 0.269. The quantitative estimate of drug-likeness (QED) is 0.771.